The molecule has 0 aliphatic heterocycles. The molecule has 0 spiro atoms. The number of halogens is 1. The zero-order valence-corrected chi connectivity index (χ0v) is 6.24. The minimum absolute atomic E-state index is 0.318. The molecule has 12 heavy (non-hydrogen) atoms. The zero-order chi connectivity index (χ0) is 8.39. The quantitative estimate of drug-likeness (QED) is 0.623. The van der Waals surface area contributed by atoms with Gasteiger partial charge in [-0.05, 0) is 24.3 Å². The number of nitrogens with zero attached hydrogens (tertiary/aromatic N) is 2. The average Bonchev–Trinajstić information content (AvgIpc) is 2.57. The van der Waals surface area contributed by atoms with Crippen molar-refractivity contribution in [2.24, 2.45) is 0 Å². The van der Waals surface area contributed by atoms with Crippen LogP contribution in [0, 0.1) is 11.9 Å². The van der Waals surface area contributed by atoms with Gasteiger partial charge < -0.3 is 0 Å². The molecule has 0 aliphatic rings. The summed E-state index contributed by atoms with van der Waals surface area (Å²) in [7, 11) is 0. The molecule has 1 heterocycles. The van der Waals surface area contributed by atoms with Crippen molar-refractivity contribution in [3.05, 3.63) is 48.5 Å². The predicted octanol–water partition coefficient (Wildman–Crippen LogP) is 1.81. The average molecular weight is 161 g/mol. The minimum atomic E-state index is -0.318. The van der Waals surface area contributed by atoms with Crippen LogP contribution >= 0.6 is 0 Å². The van der Waals surface area contributed by atoms with Gasteiger partial charge in [0.2, 0.25) is 0 Å². The van der Waals surface area contributed by atoms with E-state index < -0.39 is 0 Å². The van der Waals surface area contributed by atoms with E-state index in [0.717, 1.165) is 0 Å². The molecular weight excluding hydrogens is 155 g/mol. The SMILES string of the molecule is Fc1c[c]ccc1-n1cccn1. The maximum Gasteiger partial charge on any atom is 0.149 e. The molecule has 0 saturated heterocycles. The fourth-order valence-electron chi connectivity index (χ4n) is 0.999. The smallest absolute Gasteiger partial charge is 0.149 e. The molecule has 0 atom stereocenters. The van der Waals surface area contributed by atoms with Crippen molar-refractivity contribution in [1.82, 2.24) is 9.78 Å². The van der Waals surface area contributed by atoms with E-state index in [9.17, 15) is 4.39 Å². The Labute approximate surface area is 69.3 Å². The summed E-state index contributed by atoms with van der Waals surface area (Å²) >= 11 is 0. The largest absolute Gasteiger partial charge is 0.238 e. The highest BCUT2D eigenvalue weighted by molar-refractivity contribution is 5.31. The molecule has 1 radical (unpaired) electrons. The third-order valence-corrected chi connectivity index (χ3v) is 1.54. The summed E-state index contributed by atoms with van der Waals surface area (Å²) in [4.78, 5) is 0. The first-order chi connectivity index (χ1) is 5.88. The van der Waals surface area contributed by atoms with E-state index in [4.69, 9.17) is 0 Å². The van der Waals surface area contributed by atoms with Crippen LogP contribution in [0.3, 0.4) is 0 Å². The second-order valence-corrected chi connectivity index (χ2v) is 2.33. The van der Waals surface area contributed by atoms with Gasteiger partial charge >= 0.3 is 0 Å². The Kier molecular flexibility index (Phi) is 1.63. The van der Waals surface area contributed by atoms with Gasteiger partial charge in [-0.25, -0.2) is 9.07 Å². The molecule has 2 rings (SSSR count). The molecule has 1 aromatic carbocycles. The van der Waals surface area contributed by atoms with Crippen LogP contribution < -0.4 is 0 Å². The molecule has 0 fully saturated rings. The first-order valence-corrected chi connectivity index (χ1v) is 3.53. The maximum atomic E-state index is 13.1. The Morgan fingerprint density at radius 1 is 1.50 bits per heavy atom. The standard InChI is InChI=1S/C9H6FN2/c10-8-4-1-2-5-9(8)12-7-3-6-11-12/h2-7H. The van der Waals surface area contributed by atoms with Crippen molar-refractivity contribution in [1.29, 1.82) is 0 Å². The van der Waals surface area contributed by atoms with Crippen LogP contribution in [0.2, 0.25) is 0 Å². The summed E-state index contributed by atoms with van der Waals surface area (Å²) in [5.41, 5.74) is 0.443. The van der Waals surface area contributed by atoms with E-state index >= 15 is 0 Å². The maximum absolute atomic E-state index is 13.1. The van der Waals surface area contributed by atoms with Crippen LogP contribution in [0.25, 0.3) is 5.69 Å². The van der Waals surface area contributed by atoms with E-state index in [1.807, 2.05) is 0 Å². The Bertz CT molecular complexity index is 368. The lowest BCUT2D eigenvalue weighted by molar-refractivity contribution is 0.610. The van der Waals surface area contributed by atoms with Crippen LogP contribution in [-0.4, -0.2) is 9.78 Å². The Balaban J connectivity index is 2.55. The van der Waals surface area contributed by atoms with E-state index in [1.54, 1.807) is 30.6 Å². The molecule has 2 aromatic rings. The summed E-state index contributed by atoms with van der Waals surface area (Å²) in [6.45, 7) is 0. The van der Waals surface area contributed by atoms with Crippen molar-refractivity contribution < 1.29 is 4.39 Å². The molecule has 3 heteroatoms. The van der Waals surface area contributed by atoms with E-state index in [0.29, 0.717) is 5.69 Å². The third kappa shape index (κ3) is 1.09. The van der Waals surface area contributed by atoms with Gasteiger partial charge in [0, 0.05) is 12.4 Å². The Hall–Kier alpha value is -1.64. The number of hydrogen-bond donors (Lipinski definition) is 0. The summed E-state index contributed by atoms with van der Waals surface area (Å²) in [6.07, 6.45) is 3.30. The molecular formula is C9H6FN2. The number of rotatable bonds is 1. The molecule has 0 N–H and O–H groups in total. The van der Waals surface area contributed by atoms with Crippen molar-refractivity contribution in [3.8, 4) is 5.69 Å². The minimum Gasteiger partial charge on any atom is -0.238 e. The second-order valence-electron chi connectivity index (χ2n) is 2.33. The lowest BCUT2D eigenvalue weighted by Gasteiger charge is -2.00. The third-order valence-electron chi connectivity index (χ3n) is 1.54. The fourth-order valence-corrected chi connectivity index (χ4v) is 0.999. The molecule has 0 amide bonds. The predicted molar refractivity (Wildman–Crippen MR) is 42.4 cm³/mol. The van der Waals surface area contributed by atoms with Gasteiger partial charge in [0.25, 0.3) is 0 Å². The van der Waals surface area contributed by atoms with Crippen LogP contribution in [0.1, 0.15) is 0 Å². The highest BCUT2D eigenvalue weighted by Gasteiger charge is 2.01. The normalized spacial score (nSPS) is 10.1. The number of hydrogen-bond acceptors (Lipinski definition) is 1. The zero-order valence-electron chi connectivity index (χ0n) is 6.24. The Morgan fingerprint density at radius 3 is 3.08 bits per heavy atom. The Morgan fingerprint density at radius 2 is 2.42 bits per heavy atom. The molecule has 2 nitrogen and oxygen atoms in total. The summed E-state index contributed by atoms with van der Waals surface area (Å²) in [5.74, 6) is -0.318. The summed E-state index contributed by atoms with van der Waals surface area (Å²) in [5, 5.41) is 3.91. The monoisotopic (exact) mass is 161 g/mol. The first-order valence-electron chi connectivity index (χ1n) is 3.53. The number of aromatic nitrogens is 2. The van der Waals surface area contributed by atoms with Crippen LogP contribution in [0.15, 0.2) is 36.7 Å². The van der Waals surface area contributed by atoms with Crippen molar-refractivity contribution >= 4 is 0 Å². The van der Waals surface area contributed by atoms with Gasteiger partial charge in [-0.3, -0.25) is 0 Å². The van der Waals surface area contributed by atoms with Crippen molar-refractivity contribution in [2.45, 2.75) is 0 Å². The topological polar surface area (TPSA) is 17.8 Å². The molecule has 0 saturated carbocycles. The van der Waals surface area contributed by atoms with Crippen molar-refractivity contribution in [3.63, 3.8) is 0 Å². The van der Waals surface area contributed by atoms with E-state index in [2.05, 4.69) is 11.2 Å². The highest BCUT2D eigenvalue weighted by atomic mass is 19.1. The molecule has 59 valence electrons. The van der Waals surface area contributed by atoms with Crippen LogP contribution in [-0.2, 0) is 0 Å². The van der Waals surface area contributed by atoms with Crippen LogP contribution in [0.5, 0.6) is 0 Å². The lowest BCUT2D eigenvalue weighted by Crippen LogP contribution is -1.96. The van der Waals surface area contributed by atoms with Gasteiger partial charge in [0.15, 0.2) is 0 Å². The van der Waals surface area contributed by atoms with Crippen LogP contribution in [0.4, 0.5) is 4.39 Å². The van der Waals surface area contributed by atoms with E-state index in [-0.39, 0.29) is 5.82 Å². The van der Waals surface area contributed by atoms with Gasteiger partial charge in [0.1, 0.15) is 11.5 Å². The molecule has 1 aromatic heterocycles. The van der Waals surface area contributed by atoms with Crippen molar-refractivity contribution in [2.75, 3.05) is 0 Å². The van der Waals surface area contributed by atoms with Gasteiger partial charge in [-0.15, -0.1) is 0 Å². The highest BCUT2D eigenvalue weighted by Crippen LogP contribution is 2.09. The van der Waals surface area contributed by atoms with Gasteiger partial charge in [0.05, 0.1) is 0 Å². The van der Waals surface area contributed by atoms with Gasteiger partial charge in [-0.2, -0.15) is 5.10 Å². The molecule has 0 bridgehead atoms. The van der Waals surface area contributed by atoms with E-state index in [1.165, 1.54) is 10.7 Å². The van der Waals surface area contributed by atoms with Gasteiger partial charge in [-0.1, -0.05) is 6.07 Å². The summed E-state index contributed by atoms with van der Waals surface area (Å²) < 4.78 is 14.5. The number of benzene rings is 1. The molecule has 0 unspecified atom stereocenters. The lowest BCUT2D eigenvalue weighted by atomic mass is 10.3. The molecule has 0 aliphatic carbocycles. The summed E-state index contributed by atoms with van der Waals surface area (Å²) in [6, 6.07) is 8.96. The second kappa shape index (κ2) is 2.77. The first kappa shape index (κ1) is 7.03. The fraction of sp³-hybridized carbons (Fsp3) is 0.